The summed E-state index contributed by atoms with van der Waals surface area (Å²) in [4.78, 5) is 7.27. The fourth-order valence-electron chi connectivity index (χ4n) is 1.32. The molecule has 0 spiro atoms. The second-order valence-electron chi connectivity index (χ2n) is 3.39. The van der Waals surface area contributed by atoms with E-state index in [1.807, 2.05) is 24.3 Å². The van der Waals surface area contributed by atoms with E-state index in [2.05, 4.69) is 9.97 Å². The zero-order valence-corrected chi connectivity index (χ0v) is 9.66. The summed E-state index contributed by atoms with van der Waals surface area (Å²) in [5.41, 5.74) is 1.73. The molecule has 1 N–H and O–H groups in total. The fourth-order valence-corrected chi connectivity index (χ4v) is 1.84. The highest BCUT2D eigenvalue weighted by Gasteiger charge is 2.02. The third kappa shape index (κ3) is 2.30. The molecule has 0 aliphatic rings. The van der Waals surface area contributed by atoms with Crippen LogP contribution < -0.4 is 0 Å². The maximum absolute atomic E-state index is 11.3. The van der Waals surface area contributed by atoms with Gasteiger partial charge in [-0.2, -0.15) is 0 Å². The van der Waals surface area contributed by atoms with Crippen molar-refractivity contribution in [3.8, 4) is 0 Å². The molecular formula is C11H12N2O2S. The summed E-state index contributed by atoms with van der Waals surface area (Å²) in [7, 11) is -3.10. The first-order valence-electron chi connectivity index (χ1n) is 4.96. The number of aromatic nitrogens is 2. The Labute approximate surface area is 93.9 Å². The van der Waals surface area contributed by atoms with Crippen LogP contribution in [-0.4, -0.2) is 24.1 Å². The summed E-state index contributed by atoms with van der Waals surface area (Å²) in [6, 6.07) is 7.56. The first-order valence-corrected chi connectivity index (χ1v) is 6.68. The molecular weight excluding hydrogens is 224 g/mol. The van der Waals surface area contributed by atoms with Crippen molar-refractivity contribution >= 4 is 26.9 Å². The van der Waals surface area contributed by atoms with Gasteiger partial charge in [-0.25, -0.2) is 13.4 Å². The lowest BCUT2D eigenvalue weighted by Gasteiger charge is -1.89. The average molecular weight is 236 g/mol. The molecule has 1 heterocycles. The number of nitrogens with one attached hydrogen (secondary N) is 1. The molecule has 5 heteroatoms. The van der Waals surface area contributed by atoms with E-state index in [0.717, 1.165) is 11.0 Å². The van der Waals surface area contributed by atoms with Gasteiger partial charge in [0.15, 0.2) is 9.84 Å². The molecule has 0 fully saturated rings. The Morgan fingerprint density at radius 1 is 1.38 bits per heavy atom. The molecule has 84 valence electrons. The van der Waals surface area contributed by atoms with Gasteiger partial charge in [0, 0.05) is 5.41 Å². The number of H-pyrrole nitrogens is 1. The maximum atomic E-state index is 11.3. The number of rotatable bonds is 3. The van der Waals surface area contributed by atoms with E-state index >= 15 is 0 Å². The van der Waals surface area contributed by atoms with E-state index in [4.69, 9.17) is 0 Å². The zero-order chi connectivity index (χ0) is 11.6. The quantitative estimate of drug-likeness (QED) is 0.886. The molecule has 4 nitrogen and oxygen atoms in total. The summed E-state index contributed by atoms with van der Waals surface area (Å²) in [6.45, 7) is 1.61. The standard InChI is InChI=1S/C11H12N2O2S/c1-2-16(14,15)8-7-11-12-9-5-3-4-6-10(9)13-11/h3-8H,2H2,1H3,(H,12,13). The number of imidazole rings is 1. The van der Waals surface area contributed by atoms with E-state index in [-0.39, 0.29) is 5.75 Å². The molecule has 16 heavy (non-hydrogen) atoms. The molecule has 1 aromatic carbocycles. The summed E-state index contributed by atoms with van der Waals surface area (Å²) in [5, 5.41) is 1.19. The van der Waals surface area contributed by atoms with Crippen LogP contribution in [0.25, 0.3) is 17.1 Å². The summed E-state index contributed by atoms with van der Waals surface area (Å²) in [6.07, 6.45) is 1.48. The van der Waals surface area contributed by atoms with Crippen LogP contribution in [0.5, 0.6) is 0 Å². The van der Waals surface area contributed by atoms with Crippen molar-refractivity contribution in [2.45, 2.75) is 6.92 Å². The molecule has 0 aliphatic carbocycles. The van der Waals surface area contributed by atoms with Crippen molar-refractivity contribution in [2.75, 3.05) is 5.75 Å². The number of hydrogen-bond donors (Lipinski definition) is 1. The van der Waals surface area contributed by atoms with Gasteiger partial charge >= 0.3 is 0 Å². The van der Waals surface area contributed by atoms with Crippen LogP contribution in [0.3, 0.4) is 0 Å². The normalized spacial score (nSPS) is 12.6. The van der Waals surface area contributed by atoms with Gasteiger partial charge in [0.05, 0.1) is 16.8 Å². The monoisotopic (exact) mass is 236 g/mol. The first kappa shape index (κ1) is 10.9. The molecule has 0 bridgehead atoms. The van der Waals surface area contributed by atoms with Gasteiger partial charge in [-0.05, 0) is 18.2 Å². The lowest BCUT2D eigenvalue weighted by molar-refractivity contribution is 0.606. The van der Waals surface area contributed by atoms with Crippen molar-refractivity contribution < 1.29 is 8.42 Å². The van der Waals surface area contributed by atoms with E-state index in [9.17, 15) is 8.42 Å². The molecule has 2 rings (SSSR count). The summed E-state index contributed by atoms with van der Waals surface area (Å²) in [5.74, 6) is 0.655. The van der Waals surface area contributed by atoms with Gasteiger partial charge in [-0.15, -0.1) is 0 Å². The third-order valence-electron chi connectivity index (χ3n) is 2.24. The highest BCUT2D eigenvalue weighted by atomic mass is 32.2. The molecule has 0 saturated carbocycles. The Hall–Kier alpha value is -1.62. The second-order valence-corrected chi connectivity index (χ2v) is 5.57. The lowest BCUT2D eigenvalue weighted by atomic mass is 10.3. The van der Waals surface area contributed by atoms with E-state index in [1.165, 1.54) is 11.5 Å². The molecule has 2 aromatic rings. The largest absolute Gasteiger partial charge is 0.338 e. The Morgan fingerprint density at radius 2 is 2.12 bits per heavy atom. The number of para-hydroxylation sites is 2. The zero-order valence-electron chi connectivity index (χ0n) is 8.84. The number of aromatic amines is 1. The SMILES string of the molecule is CCS(=O)(=O)C=Cc1nc2ccccc2[nH]1. The van der Waals surface area contributed by atoms with Crippen LogP contribution >= 0.6 is 0 Å². The number of sulfone groups is 1. The van der Waals surface area contributed by atoms with Crippen molar-refractivity contribution in [1.29, 1.82) is 0 Å². The Morgan fingerprint density at radius 3 is 2.81 bits per heavy atom. The van der Waals surface area contributed by atoms with Gasteiger partial charge in [-0.1, -0.05) is 19.1 Å². The van der Waals surface area contributed by atoms with Gasteiger partial charge in [0.25, 0.3) is 0 Å². The highest BCUT2D eigenvalue weighted by molar-refractivity contribution is 7.94. The molecule has 0 radical (unpaired) electrons. The van der Waals surface area contributed by atoms with Crippen LogP contribution in [0, 0.1) is 0 Å². The second kappa shape index (κ2) is 4.09. The Balaban J connectivity index is 2.35. The van der Waals surface area contributed by atoms with Crippen molar-refractivity contribution in [1.82, 2.24) is 9.97 Å². The van der Waals surface area contributed by atoms with Crippen LogP contribution in [0.4, 0.5) is 0 Å². The van der Waals surface area contributed by atoms with Crippen molar-refractivity contribution in [3.05, 3.63) is 35.5 Å². The molecule has 0 amide bonds. The number of fused-ring (bicyclic) bond motifs is 1. The Bertz CT molecular complexity index is 593. The minimum absolute atomic E-state index is 0.101. The average Bonchev–Trinajstić information content (AvgIpc) is 2.69. The van der Waals surface area contributed by atoms with Crippen molar-refractivity contribution in [2.24, 2.45) is 0 Å². The van der Waals surface area contributed by atoms with Gasteiger partial charge in [0.1, 0.15) is 5.82 Å². The fraction of sp³-hybridized carbons (Fsp3) is 0.182. The van der Waals surface area contributed by atoms with Crippen LogP contribution in [0.2, 0.25) is 0 Å². The lowest BCUT2D eigenvalue weighted by Crippen LogP contribution is -1.96. The van der Waals surface area contributed by atoms with E-state index in [1.54, 1.807) is 6.92 Å². The van der Waals surface area contributed by atoms with Crippen LogP contribution in [0.1, 0.15) is 12.7 Å². The molecule has 0 unspecified atom stereocenters. The van der Waals surface area contributed by atoms with Gasteiger partial charge in [0.2, 0.25) is 0 Å². The number of benzene rings is 1. The van der Waals surface area contributed by atoms with Crippen LogP contribution in [-0.2, 0) is 9.84 Å². The minimum atomic E-state index is -3.10. The molecule has 1 aromatic heterocycles. The molecule has 0 atom stereocenters. The first-order chi connectivity index (χ1) is 7.61. The summed E-state index contributed by atoms with van der Waals surface area (Å²) < 4.78 is 22.5. The molecule has 0 saturated heterocycles. The number of hydrogen-bond acceptors (Lipinski definition) is 3. The van der Waals surface area contributed by atoms with Crippen molar-refractivity contribution in [3.63, 3.8) is 0 Å². The van der Waals surface area contributed by atoms with E-state index in [0.29, 0.717) is 5.82 Å². The van der Waals surface area contributed by atoms with Gasteiger partial charge < -0.3 is 4.98 Å². The maximum Gasteiger partial charge on any atom is 0.171 e. The minimum Gasteiger partial charge on any atom is -0.338 e. The molecule has 0 aliphatic heterocycles. The smallest absolute Gasteiger partial charge is 0.171 e. The highest BCUT2D eigenvalue weighted by Crippen LogP contribution is 2.11. The Kier molecular flexibility index (Phi) is 2.78. The number of nitrogens with zero attached hydrogens (tertiary/aromatic N) is 1. The topological polar surface area (TPSA) is 62.8 Å². The van der Waals surface area contributed by atoms with Crippen LogP contribution in [0.15, 0.2) is 29.7 Å². The van der Waals surface area contributed by atoms with Gasteiger partial charge in [-0.3, -0.25) is 0 Å². The third-order valence-corrected chi connectivity index (χ3v) is 3.60. The summed E-state index contributed by atoms with van der Waals surface area (Å²) >= 11 is 0. The van der Waals surface area contributed by atoms with E-state index < -0.39 is 9.84 Å². The predicted molar refractivity (Wildman–Crippen MR) is 64.6 cm³/mol. The predicted octanol–water partition coefficient (Wildman–Crippen LogP) is 1.97.